The molecule has 4 heterocycles. The van der Waals surface area contributed by atoms with E-state index < -0.39 is 0 Å². The molecule has 5 rings (SSSR count). The van der Waals surface area contributed by atoms with Gasteiger partial charge in [0.05, 0.1) is 47.5 Å². The van der Waals surface area contributed by atoms with Crippen molar-refractivity contribution in [3.63, 3.8) is 0 Å². The number of nitrogens with two attached hydrogens (primary N) is 1. The van der Waals surface area contributed by atoms with Gasteiger partial charge in [0.15, 0.2) is 0 Å². The van der Waals surface area contributed by atoms with Crippen molar-refractivity contribution in [3.8, 4) is 0 Å². The molecule has 0 saturated carbocycles. The van der Waals surface area contributed by atoms with Crippen LogP contribution in [0.4, 0.5) is 5.69 Å². The summed E-state index contributed by atoms with van der Waals surface area (Å²) in [6, 6.07) is 14.8. The summed E-state index contributed by atoms with van der Waals surface area (Å²) >= 11 is 0. The highest BCUT2D eigenvalue weighted by atomic mass is 16.5. The van der Waals surface area contributed by atoms with E-state index >= 15 is 0 Å². The molecule has 1 atom stereocenters. The summed E-state index contributed by atoms with van der Waals surface area (Å²) < 4.78 is 5.28. The standard InChI is InChI=1S/C24H25N5O/c1-30-15-16-3-2-4-17(11-16)24-20(7-9-26-24)21-5-6-22-23(28-21)12-19(13-27-22)29-10-8-18(25)14-29/h2-7,11-13,18H,8-10,14-15,25H2,1H3. The fraction of sp³-hybridized carbons (Fsp3) is 0.292. The molecule has 6 nitrogen and oxygen atoms in total. The number of anilines is 1. The first-order valence-electron chi connectivity index (χ1n) is 10.3. The normalized spacial score (nSPS) is 18.7. The van der Waals surface area contributed by atoms with E-state index in [1.54, 1.807) is 7.11 Å². The van der Waals surface area contributed by atoms with Crippen molar-refractivity contribution in [3.05, 3.63) is 71.6 Å². The van der Waals surface area contributed by atoms with Gasteiger partial charge in [-0.1, -0.05) is 24.3 Å². The zero-order chi connectivity index (χ0) is 20.5. The first kappa shape index (κ1) is 18.9. The van der Waals surface area contributed by atoms with Crippen LogP contribution in [0.3, 0.4) is 0 Å². The van der Waals surface area contributed by atoms with Crippen molar-refractivity contribution >= 4 is 28.0 Å². The highest BCUT2D eigenvalue weighted by Gasteiger charge is 2.21. The lowest BCUT2D eigenvalue weighted by Gasteiger charge is -2.18. The van der Waals surface area contributed by atoms with Crippen LogP contribution in [-0.4, -0.2) is 48.5 Å². The van der Waals surface area contributed by atoms with E-state index in [0.717, 1.165) is 64.3 Å². The first-order valence-corrected chi connectivity index (χ1v) is 10.3. The maximum Gasteiger partial charge on any atom is 0.0914 e. The number of aliphatic imine (C=N–C) groups is 1. The van der Waals surface area contributed by atoms with Gasteiger partial charge in [-0.2, -0.15) is 0 Å². The van der Waals surface area contributed by atoms with Crippen molar-refractivity contribution in [1.29, 1.82) is 0 Å². The predicted octanol–water partition coefficient (Wildman–Crippen LogP) is 3.20. The smallest absolute Gasteiger partial charge is 0.0914 e. The summed E-state index contributed by atoms with van der Waals surface area (Å²) in [4.78, 5) is 16.6. The first-order chi connectivity index (χ1) is 14.7. The highest BCUT2D eigenvalue weighted by Crippen LogP contribution is 2.27. The van der Waals surface area contributed by atoms with Crippen molar-refractivity contribution in [2.75, 3.05) is 31.6 Å². The summed E-state index contributed by atoms with van der Waals surface area (Å²) in [5.74, 6) is 0. The molecule has 152 valence electrons. The van der Waals surface area contributed by atoms with Crippen LogP contribution in [0.2, 0.25) is 0 Å². The molecule has 2 aliphatic rings. The third kappa shape index (κ3) is 3.60. The van der Waals surface area contributed by atoms with Crippen LogP contribution in [0.5, 0.6) is 0 Å². The molecule has 1 unspecified atom stereocenters. The summed E-state index contributed by atoms with van der Waals surface area (Å²) in [7, 11) is 1.71. The van der Waals surface area contributed by atoms with Crippen molar-refractivity contribution in [1.82, 2.24) is 9.97 Å². The molecule has 2 aromatic heterocycles. The Bertz CT molecular complexity index is 1150. The molecule has 1 fully saturated rings. The molecule has 2 N–H and O–H groups in total. The fourth-order valence-electron chi connectivity index (χ4n) is 4.20. The number of allylic oxidation sites excluding steroid dienone is 1. The zero-order valence-corrected chi connectivity index (χ0v) is 17.1. The average molecular weight is 399 g/mol. The fourth-order valence-corrected chi connectivity index (χ4v) is 4.20. The van der Waals surface area contributed by atoms with Crippen LogP contribution in [0, 0.1) is 0 Å². The Balaban J connectivity index is 1.48. The van der Waals surface area contributed by atoms with Gasteiger partial charge in [-0.15, -0.1) is 0 Å². The monoisotopic (exact) mass is 399 g/mol. The van der Waals surface area contributed by atoms with Crippen LogP contribution in [-0.2, 0) is 11.3 Å². The number of rotatable bonds is 5. The second-order valence-electron chi connectivity index (χ2n) is 7.86. The van der Waals surface area contributed by atoms with Crippen LogP contribution >= 0.6 is 0 Å². The predicted molar refractivity (Wildman–Crippen MR) is 121 cm³/mol. The molecule has 0 radical (unpaired) electrons. The minimum Gasteiger partial charge on any atom is -0.380 e. The van der Waals surface area contributed by atoms with E-state index in [9.17, 15) is 0 Å². The van der Waals surface area contributed by atoms with Gasteiger partial charge < -0.3 is 15.4 Å². The second-order valence-corrected chi connectivity index (χ2v) is 7.86. The number of methoxy groups -OCH3 is 1. The van der Waals surface area contributed by atoms with Crippen LogP contribution in [0.15, 0.2) is 59.7 Å². The second kappa shape index (κ2) is 7.97. The molecule has 0 aliphatic carbocycles. The number of fused-ring (bicyclic) bond motifs is 1. The molecule has 0 spiro atoms. The van der Waals surface area contributed by atoms with Gasteiger partial charge in [0.2, 0.25) is 0 Å². The lowest BCUT2D eigenvalue weighted by molar-refractivity contribution is 0.185. The Morgan fingerprint density at radius 3 is 2.93 bits per heavy atom. The van der Waals surface area contributed by atoms with Crippen molar-refractivity contribution < 1.29 is 4.74 Å². The maximum absolute atomic E-state index is 6.08. The summed E-state index contributed by atoms with van der Waals surface area (Å²) in [5.41, 5.74) is 14.1. The Morgan fingerprint density at radius 1 is 1.17 bits per heavy atom. The van der Waals surface area contributed by atoms with E-state index in [1.165, 1.54) is 0 Å². The van der Waals surface area contributed by atoms with Gasteiger partial charge in [0.25, 0.3) is 0 Å². The summed E-state index contributed by atoms with van der Waals surface area (Å²) in [6.45, 7) is 3.09. The number of nitrogens with zero attached hydrogens (tertiary/aromatic N) is 4. The Kier molecular flexibility index (Phi) is 5.02. The molecule has 3 aromatic rings. The van der Waals surface area contributed by atoms with E-state index in [1.807, 2.05) is 24.4 Å². The summed E-state index contributed by atoms with van der Waals surface area (Å²) in [6.07, 6.45) is 5.08. The zero-order valence-electron chi connectivity index (χ0n) is 17.1. The number of benzene rings is 1. The van der Waals surface area contributed by atoms with Gasteiger partial charge in [0, 0.05) is 37.4 Å². The molecule has 0 bridgehead atoms. The SMILES string of the molecule is COCc1cccc(C2=NCC=C2c2ccc3ncc(N4CCC(N)C4)cc3n2)c1. The maximum atomic E-state index is 6.08. The van der Waals surface area contributed by atoms with Crippen LogP contribution in [0.1, 0.15) is 23.2 Å². The van der Waals surface area contributed by atoms with E-state index in [4.69, 9.17) is 20.4 Å². The number of ether oxygens (including phenoxy) is 1. The third-order valence-corrected chi connectivity index (χ3v) is 5.70. The number of aromatic nitrogens is 2. The largest absolute Gasteiger partial charge is 0.380 e. The van der Waals surface area contributed by atoms with Gasteiger partial charge in [-0.05, 0) is 36.2 Å². The summed E-state index contributed by atoms with van der Waals surface area (Å²) in [5, 5.41) is 0. The minimum absolute atomic E-state index is 0.233. The van der Waals surface area contributed by atoms with Crippen molar-refractivity contribution in [2.45, 2.75) is 19.1 Å². The highest BCUT2D eigenvalue weighted by molar-refractivity contribution is 6.32. The van der Waals surface area contributed by atoms with Gasteiger partial charge in [0.1, 0.15) is 0 Å². The Hall–Kier alpha value is -3.09. The van der Waals surface area contributed by atoms with E-state index in [2.05, 4.69) is 40.2 Å². The number of pyridine rings is 2. The molecule has 0 amide bonds. The van der Waals surface area contributed by atoms with Gasteiger partial charge in [-0.3, -0.25) is 9.98 Å². The molecular formula is C24H25N5O. The third-order valence-electron chi connectivity index (χ3n) is 5.70. The Morgan fingerprint density at radius 2 is 2.10 bits per heavy atom. The lowest BCUT2D eigenvalue weighted by atomic mass is 9.99. The molecule has 2 aliphatic heterocycles. The molecule has 1 saturated heterocycles. The molecular weight excluding hydrogens is 374 g/mol. The van der Waals surface area contributed by atoms with Gasteiger partial charge in [-0.25, -0.2) is 4.98 Å². The number of hydrogen-bond donors (Lipinski definition) is 1. The van der Waals surface area contributed by atoms with Crippen LogP contribution < -0.4 is 10.6 Å². The average Bonchev–Trinajstić information content (AvgIpc) is 3.43. The van der Waals surface area contributed by atoms with E-state index in [0.29, 0.717) is 13.2 Å². The van der Waals surface area contributed by atoms with Gasteiger partial charge >= 0.3 is 0 Å². The topological polar surface area (TPSA) is 76.6 Å². The number of hydrogen-bond acceptors (Lipinski definition) is 6. The minimum atomic E-state index is 0.233. The quantitative estimate of drug-likeness (QED) is 0.713. The lowest BCUT2D eigenvalue weighted by Crippen LogP contribution is -2.26. The Labute approximate surface area is 176 Å². The molecule has 30 heavy (non-hydrogen) atoms. The molecule has 6 heteroatoms. The van der Waals surface area contributed by atoms with Crippen molar-refractivity contribution in [2.24, 2.45) is 10.7 Å². The molecule has 1 aromatic carbocycles. The van der Waals surface area contributed by atoms with E-state index in [-0.39, 0.29) is 6.04 Å². The van der Waals surface area contributed by atoms with Crippen LogP contribution in [0.25, 0.3) is 16.6 Å².